The third kappa shape index (κ3) is 4.87. The maximum atomic E-state index is 11.5. The third-order valence-corrected chi connectivity index (χ3v) is 4.18. The zero-order valence-corrected chi connectivity index (χ0v) is 13.9. The standard InChI is InChI=1S/C16H19N3O3S/c1-11(2)18-16(20)10-17-9-12-7-8-15(23-12)13-5-3-4-6-14(13)19(21)22/h3-8,11,17H,9-10H2,1-2H3,(H,18,20). The predicted molar refractivity (Wildman–Crippen MR) is 91.4 cm³/mol. The molecule has 23 heavy (non-hydrogen) atoms. The molecule has 2 rings (SSSR count). The molecule has 0 bridgehead atoms. The molecule has 0 atom stereocenters. The molecular weight excluding hydrogens is 314 g/mol. The number of hydrogen-bond acceptors (Lipinski definition) is 5. The summed E-state index contributed by atoms with van der Waals surface area (Å²) in [6, 6.07) is 10.6. The van der Waals surface area contributed by atoms with Gasteiger partial charge in [0, 0.05) is 28.4 Å². The molecule has 0 unspecified atom stereocenters. The highest BCUT2D eigenvalue weighted by Crippen LogP contribution is 2.34. The van der Waals surface area contributed by atoms with E-state index >= 15 is 0 Å². The fourth-order valence-electron chi connectivity index (χ4n) is 2.13. The van der Waals surface area contributed by atoms with E-state index in [1.165, 1.54) is 17.4 Å². The summed E-state index contributed by atoms with van der Waals surface area (Å²) in [5, 5.41) is 17.0. The summed E-state index contributed by atoms with van der Waals surface area (Å²) in [5.74, 6) is -0.0459. The van der Waals surface area contributed by atoms with Crippen LogP contribution in [-0.2, 0) is 11.3 Å². The second-order valence-corrected chi connectivity index (χ2v) is 6.53. The average Bonchev–Trinajstić information content (AvgIpc) is 2.95. The van der Waals surface area contributed by atoms with Crippen LogP contribution in [0.5, 0.6) is 0 Å². The van der Waals surface area contributed by atoms with Gasteiger partial charge in [0.2, 0.25) is 5.91 Å². The maximum Gasteiger partial charge on any atom is 0.278 e. The number of nitro groups is 1. The molecule has 2 N–H and O–H groups in total. The highest BCUT2D eigenvalue weighted by molar-refractivity contribution is 7.15. The topological polar surface area (TPSA) is 84.3 Å². The zero-order valence-electron chi connectivity index (χ0n) is 13.0. The van der Waals surface area contributed by atoms with Gasteiger partial charge in [-0.25, -0.2) is 0 Å². The molecule has 0 saturated carbocycles. The Kier molecular flexibility index (Phi) is 5.84. The average molecular weight is 333 g/mol. The molecule has 0 spiro atoms. The van der Waals surface area contributed by atoms with Gasteiger partial charge in [0.05, 0.1) is 17.0 Å². The summed E-state index contributed by atoms with van der Waals surface area (Å²) in [5.41, 5.74) is 0.719. The largest absolute Gasteiger partial charge is 0.353 e. The minimum absolute atomic E-state index is 0.0459. The number of nitrogens with zero attached hydrogens (tertiary/aromatic N) is 1. The van der Waals surface area contributed by atoms with Crippen molar-refractivity contribution in [2.75, 3.05) is 6.54 Å². The van der Waals surface area contributed by atoms with Gasteiger partial charge < -0.3 is 10.6 Å². The van der Waals surface area contributed by atoms with E-state index in [4.69, 9.17) is 0 Å². The van der Waals surface area contributed by atoms with Gasteiger partial charge in [-0.2, -0.15) is 0 Å². The molecule has 6 nitrogen and oxygen atoms in total. The monoisotopic (exact) mass is 333 g/mol. The lowest BCUT2D eigenvalue weighted by atomic mass is 10.1. The van der Waals surface area contributed by atoms with Crippen LogP contribution in [0.4, 0.5) is 5.69 Å². The summed E-state index contributed by atoms with van der Waals surface area (Å²) < 4.78 is 0. The van der Waals surface area contributed by atoms with Gasteiger partial charge in [-0.05, 0) is 32.0 Å². The number of nitro benzene ring substituents is 1. The highest BCUT2D eigenvalue weighted by atomic mass is 32.1. The Morgan fingerprint density at radius 2 is 2.00 bits per heavy atom. The molecule has 2 aromatic rings. The van der Waals surface area contributed by atoms with Crippen molar-refractivity contribution in [2.45, 2.75) is 26.4 Å². The van der Waals surface area contributed by atoms with Gasteiger partial charge in [-0.3, -0.25) is 14.9 Å². The van der Waals surface area contributed by atoms with Crippen LogP contribution in [0.2, 0.25) is 0 Å². The quantitative estimate of drug-likeness (QED) is 0.603. The molecule has 122 valence electrons. The van der Waals surface area contributed by atoms with Crippen molar-refractivity contribution in [3.05, 3.63) is 51.4 Å². The predicted octanol–water partition coefficient (Wildman–Crippen LogP) is 2.94. The molecule has 7 heteroatoms. The molecule has 1 aromatic heterocycles. The van der Waals surface area contributed by atoms with Crippen LogP contribution in [-0.4, -0.2) is 23.4 Å². The van der Waals surface area contributed by atoms with E-state index in [1.54, 1.807) is 18.2 Å². The van der Waals surface area contributed by atoms with E-state index < -0.39 is 0 Å². The Bertz CT molecular complexity index is 697. The number of benzene rings is 1. The number of thiophene rings is 1. The first-order valence-electron chi connectivity index (χ1n) is 7.30. The van der Waals surface area contributed by atoms with Gasteiger partial charge in [0.1, 0.15) is 0 Å². The lowest BCUT2D eigenvalue weighted by Gasteiger charge is -2.08. The molecule has 0 aliphatic rings. The molecule has 0 fully saturated rings. The first kappa shape index (κ1) is 17.1. The van der Waals surface area contributed by atoms with Crippen LogP contribution in [0.3, 0.4) is 0 Å². The van der Waals surface area contributed by atoms with Crippen LogP contribution in [0, 0.1) is 10.1 Å². The Morgan fingerprint density at radius 3 is 2.70 bits per heavy atom. The van der Waals surface area contributed by atoms with Crippen molar-refractivity contribution in [3.8, 4) is 10.4 Å². The van der Waals surface area contributed by atoms with Gasteiger partial charge in [0.15, 0.2) is 0 Å². The molecule has 0 aliphatic heterocycles. The number of nitrogens with one attached hydrogen (secondary N) is 2. The van der Waals surface area contributed by atoms with Crippen molar-refractivity contribution < 1.29 is 9.72 Å². The zero-order chi connectivity index (χ0) is 16.8. The van der Waals surface area contributed by atoms with Crippen LogP contribution in [0.15, 0.2) is 36.4 Å². The van der Waals surface area contributed by atoms with Gasteiger partial charge in [0.25, 0.3) is 5.69 Å². The number of para-hydroxylation sites is 1. The number of carbonyl (C=O) groups is 1. The van der Waals surface area contributed by atoms with Gasteiger partial charge in [-0.15, -0.1) is 11.3 Å². The summed E-state index contributed by atoms with van der Waals surface area (Å²) in [4.78, 5) is 24.1. The molecule has 1 aromatic carbocycles. The molecule has 1 heterocycles. The van der Waals surface area contributed by atoms with Crippen molar-refractivity contribution >= 4 is 22.9 Å². The molecular formula is C16H19N3O3S. The van der Waals surface area contributed by atoms with E-state index in [-0.39, 0.29) is 29.1 Å². The minimum atomic E-state index is -0.372. The lowest BCUT2D eigenvalue weighted by molar-refractivity contribution is -0.384. The van der Waals surface area contributed by atoms with Crippen molar-refractivity contribution in [3.63, 3.8) is 0 Å². The molecule has 0 saturated heterocycles. The van der Waals surface area contributed by atoms with Crippen LogP contribution in [0.1, 0.15) is 18.7 Å². The minimum Gasteiger partial charge on any atom is -0.353 e. The van der Waals surface area contributed by atoms with Gasteiger partial charge >= 0.3 is 0 Å². The first-order chi connectivity index (χ1) is 11.0. The smallest absolute Gasteiger partial charge is 0.278 e. The Morgan fingerprint density at radius 1 is 1.26 bits per heavy atom. The summed E-state index contributed by atoms with van der Waals surface area (Å²) >= 11 is 1.48. The molecule has 0 aliphatic carbocycles. The summed E-state index contributed by atoms with van der Waals surface area (Å²) in [6.07, 6.45) is 0. The fraction of sp³-hybridized carbons (Fsp3) is 0.312. The third-order valence-electron chi connectivity index (χ3n) is 3.06. The summed E-state index contributed by atoms with van der Waals surface area (Å²) in [6.45, 7) is 4.63. The Labute approximate surface area is 138 Å². The fourth-order valence-corrected chi connectivity index (χ4v) is 3.14. The first-order valence-corrected chi connectivity index (χ1v) is 8.11. The lowest BCUT2D eigenvalue weighted by Crippen LogP contribution is -2.37. The van der Waals surface area contributed by atoms with E-state index in [9.17, 15) is 14.9 Å². The van der Waals surface area contributed by atoms with Crippen LogP contribution in [0.25, 0.3) is 10.4 Å². The number of amides is 1. The second-order valence-electron chi connectivity index (χ2n) is 5.37. The number of carbonyl (C=O) groups excluding carboxylic acids is 1. The SMILES string of the molecule is CC(C)NC(=O)CNCc1ccc(-c2ccccc2[N+](=O)[O-])s1. The molecule has 0 radical (unpaired) electrons. The van der Waals surface area contributed by atoms with Crippen LogP contribution >= 0.6 is 11.3 Å². The second kappa shape index (κ2) is 7.85. The number of rotatable bonds is 7. The molecule has 1 amide bonds. The Hall–Kier alpha value is -2.25. The van der Waals surface area contributed by atoms with Crippen LogP contribution < -0.4 is 10.6 Å². The van der Waals surface area contributed by atoms with Crippen molar-refractivity contribution in [1.29, 1.82) is 0 Å². The van der Waals surface area contributed by atoms with E-state index in [0.717, 1.165) is 9.75 Å². The normalized spacial score (nSPS) is 10.7. The van der Waals surface area contributed by atoms with Crippen molar-refractivity contribution in [1.82, 2.24) is 10.6 Å². The number of hydrogen-bond donors (Lipinski definition) is 2. The van der Waals surface area contributed by atoms with Crippen molar-refractivity contribution in [2.24, 2.45) is 0 Å². The van der Waals surface area contributed by atoms with E-state index in [0.29, 0.717) is 12.1 Å². The summed E-state index contributed by atoms with van der Waals surface area (Å²) in [7, 11) is 0. The Balaban J connectivity index is 1.99. The van der Waals surface area contributed by atoms with E-state index in [1.807, 2.05) is 26.0 Å². The van der Waals surface area contributed by atoms with E-state index in [2.05, 4.69) is 10.6 Å². The highest BCUT2D eigenvalue weighted by Gasteiger charge is 2.15. The van der Waals surface area contributed by atoms with Gasteiger partial charge in [-0.1, -0.05) is 12.1 Å². The maximum absolute atomic E-state index is 11.5.